The van der Waals surface area contributed by atoms with Gasteiger partial charge in [-0.25, -0.2) is 9.97 Å². The summed E-state index contributed by atoms with van der Waals surface area (Å²) < 4.78 is 6.07. The average Bonchev–Trinajstić information content (AvgIpc) is 2.66. The number of hydrogen-bond acceptors (Lipinski definition) is 5. The number of nitrogens with zero attached hydrogens (tertiary/aromatic N) is 2. The highest BCUT2D eigenvalue weighted by atomic mass is 16.5. The number of aromatic hydroxyl groups is 2. The van der Waals surface area contributed by atoms with Crippen LogP contribution in [0.1, 0.15) is 5.56 Å². The molecule has 3 aromatic carbocycles. The highest BCUT2D eigenvalue weighted by Gasteiger charge is 2.25. The SMILES string of the molecule is Oc1ccc2c(c1)COc1c-2cc2ccc(O)cc2c1-c1ncccn1. The molecule has 2 N–H and O–H groups in total. The minimum atomic E-state index is 0.177. The van der Waals surface area contributed by atoms with Crippen molar-refractivity contribution in [2.75, 3.05) is 0 Å². The molecule has 4 aromatic rings. The fourth-order valence-electron chi connectivity index (χ4n) is 3.48. The van der Waals surface area contributed by atoms with Crippen molar-refractivity contribution in [3.63, 3.8) is 0 Å². The topological polar surface area (TPSA) is 75.5 Å². The van der Waals surface area contributed by atoms with E-state index in [2.05, 4.69) is 9.97 Å². The molecule has 0 saturated carbocycles. The molecular weight excluding hydrogens is 328 g/mol. The molecule has 0 aliphatic carbocycles. The van der Waals surface area contributed by atoms with Gasteiger partial charge in [0.2, 0.25) is 0 Å². The Balaban J connectivity index is 1.90. The Hall–Kier alpha value is -3.60. The van der Waals surface area contributed by atoms with Gasteiger partial charge in [-0.1, -0.05) is 12.1 Å². The molecule has 1 aromatic heterocycles. The van der Waals surface area contributed by atoms with Crippen LogP contribution in [0.25, 0.3) is 33.3 Å². The molecule has 5 heteroatoms. The number of phenolic OH excluding ortho intramolecular Hbond substituents is 2. The molecule has 126 valence electrons. The van der Waals surface area contributed by atoms with Crippen molar-refractivity contribution in [1.29, 1.82) is 0 Å². The Bertz CT molecular complexity index is 1160. The Morgan fingerprint density at radius 3 is 2.46 bits per heavy atom. The van der Waals surface area contributed by atoms with Crippen molar-refractivity contribution in [1.82, 2.24) is 9.97 Å². The first-order chi connectivity index (χ1) is 12.7. The van der Waals surface area contributed by atoms with Crippen molar-refractivity contribution < 1.29 is 14.9 Å². The molecule has 0 radical (unpaired) electrons. The predicted molar refractivity (Wildman–Crippen MR) is 98.1 cm³/mol. The maximum atomic E-state index is 9.98. The minimum Gasteiger partial charge on any atom is -0.508 e. The summed E-state index contributed by atoms with van der Waals surface area (Å²) in [5.74, 6) is 1.62. The largest absolute Gasteiger partial charge is 0.508 e. The van der Waals surface area contributed by atoms with E-state index in [1.807, 2.05) is 18.2 Å². The number of ether oxygens (including phenoxy) is 1. The van der Waals surface area contributed by atoms with Crippen LogP contribution in [0, 0.1) is 0 Å². The van der Waals surface area contributed by atoms with Gasteiger partial charge < -0.3 is 14.9 Å². The normalized spacial score (nSPS) is 12.3. The molecule has 0 amide bonds. The molecule has 5 nitrogen and oxygen atoms in total. The van der Waals surface area contributed by atoms with Crippen LogP contribution >= 0.6 is 0 Å². The number of phenols is 2. The third-order valence-corrected chi connectivity index (χ3v) is 4.62. The summed E-state index contributed by atoms with van der Waals surface area (Å²) in [5, 5.41) is 21.5. The number of benzene rings is 3. The summed E-state index contributed by atoms with van der Waals surface area (Å²) in [5.41, 5.74) is 3.62. The summed E-state index contributed by atoms with van der Waals surface area (Å²) in [6.07, 6.45) is 3.37. The van der Waals surface area contributed by atoms with Crippen molar-refractivity contribution in [2.24, 2.45) is 0 Å². The zero-order chi connectivity index (χ0) is 17.7. The molecular formula is C21H14N2O3. The van der Waals surface area contributed by atoms with Gasteiger partial charge in [-0.15, -0.1) is 0 Å². The van der Waals surface area contributed by atoms with Crippen LogP contribution < -0.4 is 4.74 Å². The van der Waals surface area contributed by atoms with Crippen LogP contribution in [0.3, 0.4) is 0 Å². The molecule has 0 bridgehead atoms. The van der Waals surface area contributed by atoms with Crippen LogP contribution in [-0.4, -0.2) is 20.2 Å². The summed E-state index contributed by atoms with van der Waals surface area (Å²) in [4.78, 5) is 8.79. The van der Waals surface area contributed by atoms with Gasteiger partial charge in [-0.05, 0) is 47.3 Å². The molecule has 0 unspecified atom stereocenters. The molecule has 0 atom stereocenters. The third kappa shape index (κ3) is 2.18. The summed E-state index contributed by atoms with van der Waals surface area (Å²) in [7, 11) is 0. The Kier molecular flexibility index (Phi) is 3.09. The Morgan fingerprint density at radius 1 is 0.846 bits per heavy atom. The van der Waals surface area contributed by atoms with E-state index in [0.717, 1.165) is 33.0 Å². The first-order valence-electron chi connectivity index (χ1n) is 8.23. The van der Waals surface area contributed by atoms with Crippen LogP contribution in [0.2, 0.25) is 0 Å². The van der Waals surface area contributed by atoms with Gasteiger partial charge in [0, 0.05) is 28.9 Å². The van der Waals surface area contributed by atoms with Gasteiger partial charge in [0.15, 0.2) is 5.82 Å². The van der Waals surface area contributed by atoms with Crippen molar-refractivity contribution in [2.45, 2.75) is 6.61 Å². The van der Waals surface area contributed by atoms with Crippen molar-refractivity contribution in [3.8, 4) is 39.8 Å². The molecule has 0 saturated heterocycles. The highest BCUT2D eigenvalue weighted by molar-refractivity contribution is 6.04. The monoisotopic (exact) mass is 342 g/mol. The maximum absolute atomic E-state index is 9.98. The first kappa shape index (κ1) is 14.7. The van der Waals surface area contributed by atoms with Crippen LogP contribution in [0.15, 0.2) is 60.9 Å². The second-order valence-electron chi connectivity index (χ2n) is 6.24. The lowest BCUT2D eigenvalue weighted by Gasteiger charge is -2.24. The number of hydrogen-bond donors (Lipinski definition) is 2. The third-order valence-electron chi connectivity index (χ3n) is 4.62. The zero-order valence-electron chi connectivity index (χ0n) is 13.7. The van der Waals surface area contributed by atoms with E-state index in [1.165, 1.54) is 0 Å². The number of rotatable bonds is 1. The van der Waals surface area contributed by atoms with E-state index in [-0.39, 0.29) is 11.5 Å². The molecule has 26 heavy (non-hydrogen) atoms. The lowest BCUT2D eigenvalue weighted by molar-refractivity contribution is 0.303. The molecule has 5 rings (SSSR count). The smallest absolute Gasteiger partial charge is 0.163 e. The van der Waals surface area contributed by atoms with Crippen LogP contribution in [0.4, 0.5) is 0 Å². The fraction of sp³-hybridized carbons (Fsp3) is 0.0476. The van der Waals surface area contributed by atoms with E-state index in [1.54, 1.807) is 42.7 Å². The van der Waals surface area contributed by atoms with E-state index < -0.39 is 0 Å². The lowest BCUT2D eigenvalue weighted by Crippen LogP contribution is -2.07. The fourth-order valence-corrected chi connectivity index (χ4v) is 3.48. The summed E-state index contributed by atoms with van der Waals surface area (Å²) >= 11 is 0. The maximum Gasteiger partial charge on any atom is 0.163 e. The molecule has 2 heterocycles. The van der Waals surface area contributed by atoms with E-state index >= 15 is 0 Å². The molecule has 1 aliphatic heterocycles. The van der Waals surface area contributed by atoms with Gasteiger partial charge in [0.25, 0.3) is 0 Å². The zero-order valence-corrected chi connectivity index (χ0v) is 13.7. The average molecular weight is 342 g/mol. The van der Waals surface area contributed by atoms with Gasteiger partial charge in [0.05, 0.1) is 5.56 Å². The summed E-state index contributed by atoms with van der Waals surface area (Å²) in [6.45, 7) is 0.348. The second-order valence-corrected chi connectivity index (χ2v) is 6.24. The predicted octanol–water partition coefficient (Wildman–Crippen LogP) is 4.27. The Labute approximate surface area is 149 Å². The van der Waals surface area contributed by atoms with Gasteiger partial charge in [-0.3, -0.25) is 0 Å². The van der Waals surface area contributed by atoms with Crippen molar-refractivity contribution in [3.05, 3.63) is 66.5 Å². The van der Waals surface area contributed by atoms with Crippen LogP contribution in [-0.2, 0) is 6.61 Å². The van der Waals surface area contributed by atoms with Crippen molar-refractivity contribution >= 4 is 10.8 Å². The standard InChI is InChI=1S/C21H14N2O3/c24-14-4-5-16-13(8-14)11-26-20-18(16)9-12-2-3-15(25)10-17(12)19(20)21-22-6-1-7-23-21/h1-10,24-25H,11H2. The number of fused-ring (bicyclic) bond motifs is 4. The molecule has 0 spiro atoms. The van der Waals surface area contributed by atoms with E-state index in [9.17, 15) is 10.2 Å². The lowest BCUT2D eigenvalue weighted by atomic mass is 9.90. The van der Waals surface area contributed by atoms with Gasteiger partial charge >= 0.3 is 0 Å². The van der Waals surface area contributed by atoms with E-state index in [4.69, 9.17) is 4.74 Å². The van der Waals surface area contributed by atoms with E-state index in [0.29, 0.717) is 18.2 Å². The first-order valence-corrected chi connectivity index (χ1v) is 8.23. The molecule has 0 fully saturated rings. The summed E-state index contributed by atoms with van der Waals surface area (Å²) in [6, 6.07) is 14.3. The highest BCUT2D eigenvalue weighted by Crippen LogP contribution is 2.47. The number of aromatic nitrogens is 2. The van der Waals surface area contributed by atoms with Crippen LogP contribution in [0.5, 0.6) is 17.2 Å². The second kappa shape index (κ2) is 5.46. The molecule has 1 aliphatic rings. The van der Waals surface area contributed by atoms with Gasteiger partial charge in [0.1, 0.15) is 23.9 Å². The quantitative estimate of drug-likeness (QED) is 0.540. The minimum absolute atomic E-state index is 0.177. The van der Waals surface area contributed by atoms with Gasteiger partial charge in [-0.2, -0.15) is 0 Å². The Morgan fingerprint density at radius 2 is 1.62 bits per heavy atom.